The molecule has 0 bridgehead atoms. The van der Waals surface area contributed by atoms with Gasteiger partial charge in [-0.1, -0.05) is 6.92 Å². The summed E-state index contributed by atoms with van der Waals surface area (Å²) in [6.07, 6.45) is 2.92. The van der Waals surface area contributed by atoms with Crippen LogP contribution >= 0.6 is 11.3 Å². The Morgan fingerprint density at radius 1 is 1.44 bits per heavy atom. The van der Waals surface area contributed by atoms with Gasteiger partial charge in [0.2, 0.25) is 0 Å². The van der Waals surface area contributed by atoms with Crippen LogP contribution in [-0.4, -0.2) is 16.5 Å². The molecule has 0 aliphatic rings. The summed E-state index contributed by atoms with van der Waals surface area (Å²) in [5, 5.41) is 6.35. The fourth-order valence-electron chi connectivity index (χ4n) is 1.47. The molecule has 0 aromatic carbocycles. The predicted octanol–water partition coefficient (Wildman–Crippen LogP) is 3.34. The average Bonchev–Trinajstić information content (AvgIpc) is 2.75. The van der Waals surface area contributed by atoms with Gasteiger partial charge in [-0.25, -0.2) is 4.98 Å². The van der Waals surface area contributed by atoms with Crippen molar-refractivity contribution < 1.29 is 0 Å². The van der Waals surface area contributed by atoms with E-state index < -0.39 is 0 Å². The second-order valence-corrected chi connectivity index (χ2v) is 4.46. The molecule has 2 aromatic heterocycles. The monoisotopic (exact) mass is 233 g/mol. The van der Waals surface area contributed by atoms with Gasteiger partial charge in [0, 0.05) is 29.4 Å². The minimum atomic E-state index is 0.971. The molecular formula is C12H15N3S. The SMILES string of the molecule is CCCNc1nc(-c2cccnc2C)cs1. The molecule has 4 heteroatoms. The zero-order chi connectivity index (χ0) is 11.4. The molecule has 0 atom stereocenters. The lowest BCUT2D eigenvalue weighted by molar-refractivity contribution is 0.976. The normalized spacial score (nSPS) is 10.4. The molecule has 2 heterocycles. The van der Waals surface area contributed by atoms with Crippen molar-refractivity contribution in [3.63, 3.8) is 0 Å². The van der Waals surface area contributed by atoms with E-state index in [0.717, 1.165) is 35.0 Å². The highest BCUT2D eigenvalue weighted by Crippen LogP contribution is 2.26. The number of rotatable bonds is 4. The van der Waals surface area contributed by atoms with Crippen LogP contribution in [0, 0.1) is 6.92 Å². The van der Waals surface area contributed by atoms with E-state index in [0.29, 0.717) is 0 Å². The fourth-order valence-corrected chi connectivity index (χ4v) is 2.20. The van der Waals surface area contributed by atoms with E-state index in [1.807, 2.05) is 13.0 Å². The minimum Gasteiger partial charge on any atom is -0.362 e. The Balaban J connectivity index is 2.22. The standard InChI is InChI=1S/C12H15N3S/c1-3-6-14-12-15-11(8-16-12)10-5-4-7-13-9(10)2/h4-5,7-8H,3,6H2,1-2H3,(H,14,15). The number of aryl methyl sites for hydroxylation is 1. The first-order valence-corrected chi connectivity index (χ1v) is 6.30. The molecule has 0 saturated carbocycles. The van der Waals surface area contributed by atoms with E-state index in [9.17, 15) is 0 Å². The molecule has 0 aliphatic carbocycles. The Hall–Kier alpha value is -1.42. The van der Waals surface area contributed by atoms with Gasteiger partial charge in [-0.2, -0.15) is 0 Å². The van der Waals surface area contributed by atoms with Crippen LogP contribution in [0.5, 0.6) is 0 Å². The number of anilines is 1. The molecule has 3 nitrogen and oxygen atoms in total. The Labute approximate surface area is 99.6 Å². The quantitative estimate of drug-likeness (QED) is 0.880. The number of hydrogen-bond donors (Lipinski definition) is 1. The molecule has 0 amide bonds. The van der Waals surface area contributed by atoms with E-state index in [1.54, 1.807) is 17.5 Å². The number of nitrogens with one attached hydrogen (secondary N) is 1. The van der Waals surface area contributed by atoms with Gasteiger partial charge in [-0.15, -0.1) is 11.3 Å². The van der Waals surface area contributed by atoms with E-state index in [1.165, 1.54) is 0 Å². The van der Waals surface area contributed by atoms with Crippen LogP contribution in [0.15, 0.2) is 23.7 Å². The van der Waals surface area contributed by atoms with Gasteiger partial charge in [-0.05, 0) is 25.5 Å². The van der Waals surface area contributed by atoms with Crippen molar-refractivity contribution in [3.8, 4) is 11.3 Å². The number of aromatic nitrogens is 2. The highest BCUT2D eigenvalue weighted by atomic mass is 32.1. The number of thiazole rings is 1. The maximum atomic E-state index is 4.55. The summed E-state index contributed by atoms with van der Waals surface area (Å²) < 4.78 is 0. The van der Waals surface area contributed by atoms with Crippen LogP contribution in [0.4, 0.5) is 5.13 Å². The van der Waals surface area contributed by atoms with E-state index >= 15 is 0 Å². The van der Waals surface area contributed by atoms with Crippen LogP contribution < -0.4 is 5.32 Å². The summed E-state index contributed by atoms with van der Waals surface area (Å²) >= 11 is 1.64. The van der Waals surface area contributed by atoms with Gasteiger partial charge in [0.25, 0.3) is 0 Å². The van der Waals surface area contributed by atoms with Crippen LogP contribution in [0.1, 0.15) is 19.0 Å². The molecular weight excluding hydrogens is 218 g/mol. The van der Waals surface area contributed by atoms with Gasteiger partial charge < -0.3 is 5.32 Å². The molecule has 0 unspecified atom stereocenters. The molecule has 0 saturated heterocycles. The van der Waals surface area contributed by atoms with Crippen molar-refractivity contribution in [2.75, 3.05) is 11.9 Å². The van der Waals surface area contributed by atoms with Gasteiger partial charge in [0.05, 0.1) is 5.69 Å². The minimum absolute atomic E-state index is 0.971. The number of pyridine rings is 1. The molecule has 0 radical (unpaired) electrons. The highest BCUT2D eigenvalue weighted by Gasteiger charge is 2.06. The van der Waals surface area contributed by atoms with Gasteiger partial charge in [0.1, 0.15) is 0 Å². The van der Waals surface area contributed by atoms with Crippen molar-refractivity contribution in [2.24, 2.45) is 0 Å². The largest absolute Gasteiger partial charge is 0.362 e. The lowest BCUT2D eigenvalue weighted by atomic mass is 10.1. The zero-order valence-electron chi connectivity index (χ0n) is 9.53. The first-order chi connectivity index (χ1) is 7.81. The maximum Gasteiger partial charge on any atom is 0.183 e. The third-order valence-electron chi connectivity index (χ3n) is 2.31. The number of nitrogens with zero attached hydrogens (tertiary/aromatic N) is 2. The second kappa shape index (κ2) is 5.07. The Morgan fingerprint density at radius 3 is 3.06 bits per heavy atom. The van der Waals surface area contributed by atoms with Crippen molar-refractivity contribution >= 4 is 16.5 Å². The molecule has 0 fully saturated rings. The topological polar surface area (TPSA) is 37.8 Å². The van der Waals surface area contributed by atoms with Gasteiger partial charge in [0.15, 0.2) is 5.13 Å². The summed E-state index contributed by atoms with van der Waals surface area (Å²) in [6.45, 7) is 5.12. The van der Waals surface area contributed by atoms with Crippen molar-refractivity contribution in [2.45, 2.75) is 20.3 Å². The van der Waals surface area contributed by atoms with E-state index in [4.69, 9.17) is 0 Å². The molecule has 2 aromatic rings. The van der Waals surface area contributed by atoms with Crippen LogP contribution in [-0.2, 0) is 0 Å². The first-order valence-electron chi connectivity index (χ1n) is 5.42. The first kappa shape index (κ1) is 11.1. The number of hydrogen-bond acceptors (Lipinski definition) is 4. The van der Waals surface area contributed by atoms with Crippen LogP contribution in [0.2, 0.25) is 0 Å². The van der Waals surface area contributed by atoms with Crippen molar-refractivity contribution in [1.82, 2.24) is 9.97 Å². The third-order valence-corrected chi connectivity index (χ3v) is 3.11. The zero-order valence-corrected chi connectivity index (χ0v) is 10.3. The van der Waals surface area contributed by atoms with Gasteiger partial charge >= 0.3 is 0 Å². The predicted molar refractivity (Wildman–Crippen MR) is 68.9 cm³/mol. The summed E-state index contributed by atoms with van der Waals surface area (Å²) in [5.74, 6) is 0. The smallest absolute Gasteiger partial charge is 0.183 e. The lowest BCUT2D eigenvalue weighted by Gasteiger charge is -2.00. The van der Waals surface area contributed by atoms with Crippen molar-refractivity contribution in [1.29, 1.82) is 0 Å². The van der Waals surface area contributed by atoms with E-state index in [-0.39, 0.29) is 0 Å². The maximum absolute atomic E-state index is 4.55. The molecule has 1 N–H and O–H groups in total. The fraction of sp³-hybridized carbons (Fsp3) is 0.333. The average molecular weight is 233 g/mol. The van der Waals surface area contributed by atoms with Gasteiger partial charge in [-0.3, -0.25) is 4.98 Å². The molecule has 84 valence electrons. The highest BCUT2D eigenvalue weighted by molar-refractivity contribution is 7.14. The van der Waals surface area contributed by atoms with Crippen molar-refractivity contribution in [3.05, 3.63) is 29.4 Å². The lowest BCUT2D eigenvalue weighted by Crippen LogP contribution is -1.98. The van der Waals surface area contributed by atoms with Crippen LogP contribution in [0.25, 0.3) is 11.3 Å². The van der Waals surface area contributed by atoms with Crippen LogP contribution in [0.3, 0.4) is 0 Å². The molecule has 0 aliphatic heterocycles. The third kappa shape index (κ3) is 2.39. The Kier molecular flexibility index (Phi) is 3.51. The summed E-state index contributed by atoms with van der Waals surface area (Å²) in [4.78, 5) is 8.82. The second-order valence-electron chi connectivity index (χ2n) is 3.60. The Morgan fingerprint density at radius 2 is 2.31 bits per heavy atom. The van der Waals surface area contributed by atoms with E-state index in [2.05, 4.69) is 33.7 Å². The Bertz CT molecular complexity index is 465. The summed E-state index contributed by atoms with van der Waals surface area (Å²) in [5.41, 5.74) is 3.15. The summed E-state index contributed by atoms with van der Waals surface area (Å²) in [6, 6.07) is 4.00. The molecule has 2 rings (SSSR count). The molecule has 16 heavy (non-hydrogen) atoms. The molecule has 0 spiro atoms. The summed E-state index contributed by atoms with van der Waals surface area (Å²) in [7, 11) is 0.